The third-order valence-electron chi connectivity index (χ3n) is 2.80. The molecule has 0 N–H and O–H groups in total. The highest BCUT2D eigenvalue weighted by Gasteiger charge is 2.13. The van der Waals surface area contributed by atoms with Crippen molar-refractivity contribution in [3.8, 4) is 0 Å². The van der Waals surface area contributed by atoms with Crippen molar-refractivity contribution in [1.29, 1.82) is 0 Å². The molecule has 0 atom stereocenters. The molecule has 2 aromatic heterocycles. The van der Waals surface area contributed by atoms with Gasteiger partial charge in [0.05, 0.1) is 10.9 Å². The molecule has 0 aliphatic rings. The van der Waals surface area contributed by atoms with Gasteiger partial charge in [0, 0.05) is 33.3 Å². The third-order valence-corrected chi connectivity index (χ3v) is 3.24. The number of carbonyl (C=O) groups excluding carboxylic acids is 1. The minimum atomic E-state index is 0.0522. The van der Waals surface area contributed by atoms with Gasteiger partial charge < -0.3 is 9.47 Å². The summed E-state index contributed by atoms with van der Waals surface area (Å²) >= 11 is 11.8. The van der Waals surface area contributed by atoms with Gasteiger partial charge >= 0.3 is 0 Å². The number of aryl methyl sites for hydroxylation is 1. The van der Waals surface area contributed by atoms with Crippen molar-refractivity contribution in [1.82, 2.24) is 19.4 Å². The number of hydrogen-bond acceptors (Lipinski definition) is 3. The monoisotopic (exact) mass is 300 g/mol. The number of carbonyl (C=O) groups is 1. The predicted molar refractivity (Wildman–Crippen MR) is 75.4 cm³/mol. The highest BCUT2D eigenvalue weighted by Crippen LogP contribution is 2.19. The van der Waals surface area contributed by atoms with Gasteiger partial charge in [0.2, 0.25) is 5.91 Å². The first-order chi connectivity index (χ1) is 9.02. The van der Waals surface area contributed by atoms with E-state index in [1.807, 2.05) is 4.57 Å². The van der Waals surface area contributed by atoms with Crippen molar-refractivity contribution in [3.05, 3.63) is 23.1 Å². The van der Waals surface area contributed by atoms with E-state index in [2.05, 4.69) is 9.97 Å². The molecule has 0 saturated carbocycles. The zero-order valence-corrected chi connectivity index (χ0v) is 12.2. The molecule has 0 unspecified atom stereocenters. The van der Waals surface area contributed by atoms with Crippen LogP contribution in [0.15, 0.2) is 12.3 Å². The Morgan fingerprint density at radius 1 is 1.47 bits per heavy atom. The number of rotatable bonds is 4. The number of nitrogens with zero attached hydrogens (tertiary/aromatic N) is 4. The number of imidazole rings is 1. The zero-order valence-electron chi connectivity index (χ0n) is 10.7. The number of halogens is 2. The highest BCUT2D eigenvalue weighted by molar-refractivity contribution is 6.31. The van der Waals surface area contributed by atoms with Crippen LogP contribution >= 0.6 is 23.2 Å². The lowest BCUT2D eigenvalue weighted by Crippen LogP contribution is -2.23. The average Bonchev–Trinajstić information content (AvgIpc) is 2.72. The number of fused-ring (bicyclic) bond motifs is 1. The number of aromatic nitrogens is 3. The molecule has 7 heteroatoms. The lowest BCUT2D eigenvalue weighted by molar-refractivity contribution is -0.128. The van der Waals surface area contributed by atoms with Crippen LogP contribution < -0.4 is 0 Å². The van der Waals surface area contributed by atoms with Gasteiger partial charge in [0.1, 0.15) is 11.3 Å². The first kappa shape index (κ1) is 14.1. The van der Waals surface area contributed by atoms with E-state index in [1.165, 1.54) is 0 Å². The van der Waals surface area contributed by atoms with Crippen LogP contribution in [-0.2, 0) is 17.2 Å². The summed E-state index contributed by atoms with van der Waals surface area (Å²) in [6.07, 6.45) is 1.94. The van der Waals surface area contributed by atoms with Crippen LogP contribution in [0.4, 0.5) is 0 Å². The molecule has 0 spiro atoms. The summed E-state index contributed by atoms with van der Waals surface area (Å²) in [4.78, 5) is 21.8. The summed E-state index contributed by atoms with van der Waals surface area (Å²) in [5, 5.41) is 0.530. The highest BCUT2D eigenvalue weighted by atomic mass is 35.5. The Morgan fingerprint density at radius 2 is 2.21 bits per heavy atom. The fraction of sp³-hybridized carbons (Fsp3) is 0.417. The Bertz CT molecular complexity index is 609. The Hall–Kier alpha value is -1.33. The number of hydrogen-bond donors (Lipinski definition) is 0. The molecule has 0 aromatic carbocycles. The van der Waals surface area contributed by atoms with Gasteiger partial charge in [-0.15, -0.1) is 11.6 Å². The summed E-state index contributed by atoms with van der Waals surface area (Å²) < 4.78 is 1.86. The topological polar surface area (TPSA) is 51.0 Å². The second-order valence-corrected chi connectivity index (χ2v) is 5.05. The molecular weight excluding hydrogens is 287 g/mol. The Labute approximate surface area is 121 Å². The fourth-order valence-corrected chi connectivity index (χ4v) is 2.16. The van der Waals surface area contributed by atoms with Crippen LogP contribution in [0.25, 0.3) is 11.2 Å². The molecule has 19 heavy (non-hydrogen) atoms. The van der Waals surface area contributed by atoms with Crippen molar-refractivity contribution < 1.29 is 4.79 Å². The quantitative estimate of drug-likeness (QED) is 0.814. The number of pyridine rings is 1. The van der Waals surface area contributed by atoms with Gasteiger partial charge in [-0.1, -0.05) is 11.6 Å². The van der Waals surface area contributed by atoms with E-state index >= 15 is 0 Å². The van der Waals surface area contributed by atoms with Gasteiger partial charge in [0.25, 0.3) is 0 Å². The van der Waals surface area contributed by atoms with Gasteiger partial charge in [-0.05, 0) is 6.07 Å². The van der Waals surface area contributed by atoms with E-state index in [4.69, 9.17) is 23.2 Å². The van der Waals surface area contributed by atoms with E-state index in [-0.39, 0.29) is 11.8 Å². The van der Waals surface area contributed by atoms with Gasteiger partial charge in [-0.25, -0.2) is 9.97 Å². The van der Waals surface area contributed by atoms with E-state index in [1.54, 1.807) is 31.3 Å². The van der Waals surface area contributed by atoms with Crippen molar-refractivity contribution >= 4 is 40.3 Å². The van der Waals surface area contributed by atoms with Crippen molar-refractivity contribution in [3.63, 3.8) is 0 Å². The Balaban J connectivity index is 2.33. The lowest BCUT2D eigenvalue weighted by atomic mass is 10.3. The molecule has 0 saturated heterocycles. The Morgan fingerprint density at radius 3 is 2.84 bits per heavy atom. The van der Waals surface area contributed by atoms with Crippen LogP contribution in [0.1, 0.15) is 12.2 Å². The maximum atomic E-state index is 11.6. The molecule has 0 aliphatic carbocycles. The van der Waals surface area contributed by atoms with Crippen LogP contribution in [0.2, 0.25) is 5.02 Å². The normalized spacial score (nSPS) is 10.9. The summed E-state index contributed by atoms with van der Waals surface area (Å²) in [6.45, 7) is 0.504. The molecule has 0 bridgehead atoms. The van der Waals surface area contributed by atoms with E-state index < -0.39 is 0 Å². The number of amides is 1. The fourth-order valence-electron chi connectivity index (χ4n) is 1.80. The summed E-state index contributed by atoms with van der Waals surface area (Å²) in [6, 6.07) is 1.74. The van der Waals surface area contributed by atoms with Crippen molar-refractivity contribution in [2.45, 2.75) is 18.8 Å². The molecule has 0 aliphatic heterocycles. The minimum Gasteiger partial charge on any atom is -0.349 e. The number of alkyl halides is 1. The second-order valence-electron chi connectivity index (χ2n) is 4.35. The van der Waals surface area contributed by atoms with E-state index in [0.29, 0.717) is 35.0 Å². The maximum absolute atomic E-state index is 11.6. The van der Waals surface area contributed by atoms with Crippen LogP contribution in [0.3, 0.4) is 0 Å². The van der Waals surface area contributed by atoms with E-state index in [0.717, 1.165) is 0 Å². The summed E-state index contributed by atoms with van der Waals surface area (Å²) in [5.74, 6) is 1.01. The van der Waals surface area contributed by atoms with Crippen molar-refractivity contribution in [2.75, 3.05) is 14.1 Å². The largest absolute Gasteiger partial charge is 0.349 e. The molecule has 2 aromatic rings. The van der Waals surface area contributed by atoms with Gasteiger partial charge in [0.15, 0.2) is 5.65 Å². The molecule has 0 fully saturated rings. The summed E-state index contributed by atoms with van der Waals surface area (Å²) in [7, 11) is 3.46. The van der Waals surface area contributed by atoms with E-state index in [9.17, 15) is 4.79 Å². The average molecular weight is 301 g/mol. The standard InChI is InChI=1S/C12H14Cl2N4O/c1-17(2)11(19)3-4-18-10(6-13)16-9-5-8(14)7-15-12(9)18/h5,7H,3-4,6H2,1-2H3. The second kappa shape index (κ2) is 5.75. The molecule has 1 amide bonds. The Kier molecular flexibility index (Phi) is 4.27. The molecular formula is C12H14Cl2N4O. The predicted octanol–water partition coefficient (Wildman–Crippen LogP) is 2.30. The molecule has 5 nitrogen and oxygen atoms in total. The summed E-state index contributed by atoms with van der Waals surface area (Å²) in [5.41, 5.74) is 1.40. The first-order valence-electron chi connectivity index (χ1n) is 5.79. The van der Waals surface area contributed by atoms with Gasteiger partial charge in [-0.3, -0.25) is 4.79 Å². The first-order valence-corrected chi connectivity index (χ1v) is 6.71. The lowest BCUT2D eigenvalue weighted by Gasteiger charge is -2.11. The van der Waals surface area contributed by atoms with Crippen molar-refractivity contribution in [2.24, 2.45) is 0 Å². The molecule has 0 radical (unpaired) electrons. The third kappa shape index (κ3) is 2.98. The minimum absolute atomic E-state index is 0.0522. The van der Waals surface area contributed by atoms with Gasteiger partial charge in [-0.2, -0.15) is 0 Å². The smallest absolute Gasteiger partial charge is 0.223 e. The zero-order chi connectivity index (χ0) is 14.0. The molecule has 2 heterocycles. The van der Waals surface area contributed by atoms with Crippen LogP contribution in [0.5, 0.6) is 0 Å². The molecule has 102 valence electrons. The SMILES string of the molecule is CN(C)C(=O)CCn1c(CCl)nc2cc(Cl)cnc21. The van der Waals surface area contributed by atoms with Crippen LogP contribution in [-0.4, -0.2) is 39.4 Å². The maximum Gasteiger partial charge on any atom is 0.223 e. The van der Waals surface area contributed by atoms with Crippen LogP contribution in [0, 0.1) is 0 Å². The molecule has 2 rings (SSSR count).